The summed E-state index contributed by atoms with van der Waals surface area (Å²) in [7, 11) is 0. The lowest BCUT2D eigenvalue weighted by Crippen LogP contribution is -2.55. The van der Waals surface area contributed by atoms with E-state index in [1.54, 1.807) is 0 Å². The molecule has 1 heteroatoms. The number of fused-ring (bicyclic) bond motifs is 3. The third-order valence-corrected chi connectivity index (χ3v) is 4.84. The van der Waals surface area contributed by atoms with Crippen LogP contribution in [0.3, 0.4) is 0 Å². The Morgan fingerprint density at radius 3 is 2.31 bits per heavy atom. The van der Waals surface area contributed by atoms with Gasteiger partial charge in [0.25, 0.3) is 0 Å². The summed E-state index contributed by atoms with van der Waals surface area (Å²) in [5, 5.41) is 0. The summed E-state index contributed by atoms with van der Waals surface area (Å²) in [6.45, 7) is 9.33. The van der Waals surface area contributed by atoms with E-state index in [-0.39, 0.29) is 11.2 Å². The highest BCUT2D eigenvalue weighted by Crippen LogP contribution is 2.51. The number of rotatable bonds is 4. The van der Waals surface area contributed by atoms with E-state index in [0.717, 1.165) is 11.8 Å². The Morgan fingerprint density at radius 1 is 1.19 bits per heavy atom. The van der Waals surface area contributed by atoms with Crippen LogP contribution in [0.5, 0.6) is 0 Å². The Labute approximate surface area is 101 Å². The molecule has 94 valence electrons. The third kappa shape index (κ3) is 2.45. The molecule has 3 rings (SSSR count). The van der Waals surface area contributed by atoms with E-state index in [9.17, 15) is 0 Å². The molecule has 0 amide bonds. The fourth-order valence-electron chi connectivity index (χ4n) is 3.70. The second kappa shape index (κ2) is 4.33. The smallest absolute Gasteiger partial charge is 0.0690 e. The predicted molar refractivity (Wildman–Crippen MR) is 68.5 cm³/mol. The number of hydrogen-bond acceptors (Lipinski definition) is 1. The molecule has 1 aliphatic carbocycles. The zero-order valence-electron chi connectivity index (χ0n) is 11.5. The molecule has 0 N–H and O–H groups in total. The highest BCUT2D eigenvalue weighted by molar-refractivity contribution is 4.99. The molecule has 3 fully saturated rings. The van der Waals surface area contributed by atoms with Crippen molar-refractivity contribution in [3.8, 4) is 0 Å². The molecule has 0 aromatic rings. The average Bonchev–Trinajstić information content (AvgIpc) is 2.16. The maximum Gasteiger partial charge on any atom is 0.0690 e. The van der Waals surface area contributed by atoms with Gasteiger partial charge >= 0.3 is 0 Å². The van der Waals surface area contributed by atoms with Crippen LogP contribution in [0.2, 0.25) is 0 Å². The van der Waals surface area contributed by atoms with Crippen molar-refractivity contribution in [2.24, 2.45) is 11.8 Å². The minimum Gasteiger partial charge on any atom is -0.369 e. The molecule has 1 atom stereocenters. The number of ether oxygens (including phenoxy) is 1. The van der Waals surface area contributed by atoms with Gasteiger partial charge in [-0.25, -0.2) is 0 Å². The van der Waals surface area contributed by atoms with Gasteiger partial charge in [0, 0.05) is 0 Å². The van der Waals surface area contributed by atoms with Crippen LogP contribution < -0.4 is 0 Å². The molecule has 3 aliphatic rings. The lowest BCUT2D eigenvalue weighted by molar-refractivity contribution is -0.241. The van der Waals surface area contributed by atoms with Gasteiger partial charge in [0.15, 0.2) is 0 Å². The Balaban J connectivity index is 1.92. The van der Waals surface area contributed by atoms with E-state index in [1.165, 1.54) is 44.9 Å². The summed E-state index contributed by atoms with van der Waals surface area (Å²) in [6.07, 6.45) is 9.33. The molecule has 1 nitrogen and oxygen atoms in total. The Bertz CT molecular complexity index is 238. The highest BCUT2D eigenvalue weighted by atomic mass is 16.5. The van der Waals surface area contributed by atoms with Crippen molar-refractivity contribution >= 4 is 0 Å². The fraction of sp³-hybridized carbons (Fsp3) is 1.00. The van der Waals surface area contributed by atoms with Crippen LogP contribution in [-0.4, -0.2) is 11.2 Å². The Hall–Kier alpha value is -0.0400. The monoisotopic (exact) mass is 224 g/mol. The minimum atomic E-state index is 0.195. The molecule has 2 heterocycles. The van der Waals surface area contributed by atoms with Gasteiger partial charge in [-0.05, 0) is 57.8 Å². The van der Waals surface area contributed by atoms with Crippen LogP contribution in [0.4, 0.5) is 0 Å². The normalized spacial score (nSPS) is 42.9. The molecule has 2 saturated heterocycles. The van der Waals surface area contributed by atoms with Gasteiger partial charge in [-0.3, -0.25) is 0 Å². The van der Waals surface area contributed by atoms with E-state index in [0.29, 0.717) is 0 Å². The quantitative estimate of drug-likeness (QED) is 0.680. The zero-order chi connectivity index (χ0) is 11.8. The van der Waals surface area contributed by atoms with Crippen LogP contribution >= 0.6 is 0 Å². The fourth-order valence-corrected chi connectivity index (χ4v) is 3.70. The first kappa shape index (κ1) is 12.4. The first-order valence-electron chi connectivity index (χ1n) is 7.14. The third-order valence-electron chi connectivity index (χ3n) is 4.84. The van der Waals surface area contributed by atoms with Crippen LogP contribution in [0.15, 0.2) is 0 Å². The molecule has 16 heavy (non-hydrogen) atoms. The summed E-state index contributed by atoms with van der Waals surface area (Å²) in [4.78, 5) is 0. The van der Waals surface area contributed by atoms with Crippen LogP contribution in [0.1, 0.15) is 72.6 Å². The molecule has 1 unspecified atom stereocenters. The SMILES string of the molecule is CC(C)CCCC1(C)OC2(C)CCC1CC2. The molecular weight excluding hydrogens is 196 g/mol. The second-order valence-corrected chi connectivity index (χ2v) is 6.92. The van der Waals surface area contributed by atoms with Crippen LogP contribution in [0.25, 0.3) is 0 Å². The Morgan fingerprint density at radius 2 is 1.81 bits per heavy atom. The van der Waals surface area contributed by atoms with Crippen molar-refractivity contribution in [1.82, 2.24) is 0 Å². The van der Waals surface area contributed by atoms with Gasteiger partial charge in [-0.2, -0.15) is 0 Å². The molecule has 0 aromatic carbocycles. The van der Waals surface area contributed by atoms with Gasteiger partial charge in [-0.1, -0.05) is 26.7 Å². The number of hydrogen-bond donors (Lipinski definition) is 0. The van der Waals surface area contributed by atoms with Crippen LogP contribution in [-0.2, 0) is 4.74 Å². The Kier molecular flexibility index (Phi) is 3.36. The van der Waals surface area contributed by atoms with Crippen LogP contribution in [0, 0.1) is 11.8 Å². The summed E-state index contributed by atoms with van der Waals surface area (Å²) >= 11 is 0. The summed E-state index contributed by atoms with van der Waals surface area (Å²) in [6, 6.07) is 0. The van der Waals surface area contributed by atoms with Gasteiger partial charge in [0.2, 0.25) is 0 Å². The zero-order valence-corrected chi connectivity index (χ0v) is 11.5. The van der Waals surface area contributed by atoms with E-state index >= 15 is 0 Å². The van der Waals surface area contributed by atoms with Crippen molar-refractivity contribution in [2.75, 3.05) is 0 Å². The summed E-state index contributed by atoms with van der Waals surface area (Å²) < 4.78 is 6.44. The van der Waals surface area contributed by atoms with Crippen molar-refractivity contribution in [2.45, 2.75) is 83.8 Å². The first-order valence-corrected chi connectivity index (χ1v) is 7.14. The lowest BCUT2D eigenvalue weighted by atomic mass is 9.67. The molecule has 2 bridgehead atoms. The van der Waals surface area contributed by atoms with Crippen molar-refractivity contribution < 1.29 is 4.74 Å². The molecule has 1 saturated carbocycles. The van der Waals surface area contributed by atoms with E-state index in [4.69, 9.17) is 4.74 Å². The molecule has 2 aliphatic heterocycles. The average molecular weight is 224 g/mol. The topological polar surface area (TPSA) is 9.23 Å². The summed E-state index contributed by atoms with van der Waals surface area (Å²) in [5.74, 6) is 1.67. The minimum absolute atomic E-state index is 0.195. The first-order chi connectivity index (χ1) is 7.44. The predicted octanol–water partition coefficient (Wildman–Crippen LogP) is 4.55. The second-order valence-electron chi connectivity index (χ2n) is 6.92. The van der Waals surface area contributed by atoms with Gasteiger partial charge in [-0.15, -0.1) is 0 Å². The van der Waals surface area contributed by atoms with Crippen molar-refractivity contribution in [3.63, 3.8) is 0 Å². The van der Waals surface area contributed by atoms with E-state index in [1.807, 2.05) is 0 Å². The van der Waals surface area contributed by atoms with Gasteiger partial charge in [0.05, 0.1) is 11.2 Å². The molecule has 0 radical (unpaired) electrons. The van der Waals surface area contributed by atoms with E-state index < -0.39 is 0 Å². The maximum absolute atomic E-state index is 6.44. The standard InChI is InChI=1S/C15H28O/c1-12(2)6-5-9-15(4)13-7-10-14(3,16-15)11-8-13/h12-13H,5-11H2,1-4H3. The molecular formula is C15H28O. The summed E-state index contributed by atoms with van der Waals surface area (Å²) in [5.41, 5.74) is 0.404. The van der Waals surface area contributed by atoms with Gasteiger partial charge < -0.3 is 4.74 Å². The highest BCUT2D eigenvalue weighted by Gasteiger charge is 2.50. The van der Waals surface area contributed by atoms with E-state index in [2.05, 4.69) is 27.7 Å². The van der Waals surface area contributed by atoms with Crippen molar-refractivity contribution in [1.29, 1.82) is 0 Å². The molecule has 0 spiro atoms. The van der Waals surface area contributed by atoms with Crippen molar-refractivity contribution in [3.05, 3.63) is 0 Å². The lowest BCUT2D eigenvalue weighted by Gasteiger charge is -2.55. The maximum atomic E-state index is 6.44. The largest absolute Gasteiger partial charge is 0.369 e. The molecule has 0 aromatic heterocycles. The van der Waals surface area contributed by atoms with Gasteiger partial charge in [0.1, 0.15) is 0 Å².